The lowest BCUT2D eigenvalue weighted by Crippen LogP contribution is -2.63. The monoisotopic (exact) mass is 471 g/mol. The van der Waals surface area contributed by atoms with E-state index in [1.54, 1.807) is 26.0 Å². The average Bonchev–Trinajstić information content (AvgIpc) is 2.76. The van der Waals surface area contributed by atoms with Crippen LogP contribution in [0.3, 0.4) is 0 Å². The number of phenolic OH excluding ortho intramolecular Hbond substituents is 1. The summed E-state index contributed by atoms with van der Waals surface area (Å²) >= 11 is 0. The lowest BCUT2D eigenvalue weighted by atomic mass is 9.56. The fraction of sp³-hybridized carbons (Fsp3) is 0.417. The number of amides is 1. The molecule has 1 aromatic rings. The molecule has 3 aliphatic carbocycles. The van der Waals surface area contributed by atoms with E-state index in [2.05, 4.69) is 0 Å². The summed E-state index contributed by atoms with van der Waals surface area (Å²) in [6.45, 7) is 3.45. The van der Waals surface area contributed by atoms with Gasteiger partial charge in [0, 0.05) is 30.3 Å². The van der Waals surface area contributed by atoms with Crippen molar-refractivity contribution in [1.29, 1.82) is 0 Å². The Kier molecular flexibility index (Phi) is 5.52. The number of fused-ring (bicyclic) bond motifs is 3. The molecule has 1 aromatic carbocycles. The molecule has 34 heavy (non-hydrogen) atoms. The molecule has 1 amide bonds. The van der Waals surface area contributed by atoms with E-state index < -0.39 is 82.0 Å². The van der Waals surface area contributed by atoms with Crippen molar-refractivity contribution in [2.75, 3.05) is 0 Å². The first-order valence-electron chi connectivity index (χ1n) is 10.9. The van der Waals surface area contributed by atoms with Crippen LogP contribution in [0.5, 0.6) is 5.75 Å². The standard InChI is InChI=1S/C24H25NO9/c1-3-5-14(28)34-20-11-8-13(27)17(23(25)32)21(30)24(11,33)22(31)18-15(20)9(2)10-6-4-7-12(26)16(10)19(18)29/h4,6-7,9,11,15,20,26-27,31,33H,3,5,8H2,1-2H3,(H2,25,32)/t9-,11+,15+,20+,24+/m0/s1. The highest BCUT2D eigenvalue weighted by atomic mass is 16.5. The van der Waals surface area contributed by atoms with Gasteiger partial charge in [-0.25, -0.2) is 0 Å². The highest BCUT2D eigenvalue weighted by Gasteiger charge is 2.65. The lowest BCUT2D eigenvalue weighted by Gasteiger charge is -2.51. The van der Waals surface area contributed by atoms with E-state index in [0.717, 1.165) is 0 Å². The summed E-state index contributed by atoms with van der Waals surface area (Å²) in [5, 5.41) is 43.5. The topological polar surface area (TPSA) is 184 Å². The minimum absolute atomic E-state index is 0.0153. The molecule has 0 radical (unpaired) electrons. The number of Topliss-reactive ketones (excluding diaryl/α,β-unsaturated/α-hetero) is 2. The van der Waals surface area contributed by atoms with Crippen LogP contribution < -0.4 is 5.73 Å². The van der Waals surface area contributed by atoms with Gasteiger partial charge < -0.3 is 30.9 Å². The Morgan fingerprint density at radius 2 is 1.88 bits per heavy atom. The molecular weight excluding hydrogens is 446 g/mol. The van der Waals surface area contributed by atoms with E-state index in [4.69, 9.17) is 10.5 Å². The molecule has 5 atom stereocenters. The Morgan fingerprint density at radius 3 is 2.50 bits per heavy atom. The van der Waals surface area contributed by atoms with Crippen molar-refractivity contribution in [1.82, 2.24) is 0 Å². The van der Waals surface area contributed by atoms with Gasteiger partial charge in [-0.15, -0.1) is 0 Å². The van der Waals surface area contributed by atoms with Crippen molar-refractivity contribution in [3.8, 4) is 5.75 Å². The second-order valence-corrected chi connectivity index (χ2v) is 8.94. The lowest BCUT2D eigenvalue weighted by molar-refractivity contribution is -0.174. The highest BCUT2D eigenvalue weighted by molar-refractivity contribution is 6.24. The Labute approximate surface area is 194 Å². The number of phenols is 1. The van der Waals surface area contributed by atoms with Gasteiger partial charge in [0.05, 0.1) is 5.56 Å². The summed E-state index contributed by atoms with van der Waals surface area (Å²) in [6, 6.07) is 4.45. The maximum absolute atomic E-state index is 13.5. The van der Waals surface area contributed by atoms with Gasteiger partial charge >= 0.3 is 5.97 Å². The molecule has 0 spiro atoms. The number of rotatable bonds is 4. The van der Waals surface area contributed by atoms with Gasteiger partial charge in [-0.3, -0.25) is 19.2 Å². The number of aliphatic hydroxyl groups excluding tert-OH is 2. The maximum Gasteiger partial charge on any atom is 0.306 e. The van der Waals surface area contributed by atoms with Gasteiger partial charge in [-0.1, -0.05) is 26.0 Å². The largest absolute Gasteiger partial charge is 0.511 e. The second kappa shape index (κ2) is 7.98. The van der Waals surface area contributed by atoms with Gasteiger partial charge in [0.2, 0.25) is 5.78 Å². The highest BCUT2D eigenvalue weighted by Crippen LogP contribution is 2.55. The van der Waals surface area contributed by atoms with Crippen molar-refractivity contribution in [2.45, 2.75) is 50.7 Å². The summed E-state index contributed by atoms with van der Waals surface area (Å²) in [7, 11) is 0. The van der Waals surface area contributed by atoms with Crippen LogP contribution >= 0.6 is 0 Å². The molecule has 3 aliphatic rings. The second-order valence-electron chi connectivity index (χ2n) is 8.94. The number of ketones is 2. The molecule has 0 unspecified atom stereocenters. The van der Waals surface area contributed by atoms with E-state index >= 15 is 0 Å². The third-order valence-corrected chi connectivity index (χ3v) is 7.06. The molecule has 0 bridgehead atoms. The number of hydrogen-bond acceptors (Lipinski definition) is 9. The molecule has 0 saturated heterocycles. The number of hydrogen-bond donors (Lipinski definition) is 5. The summed E-state index contributed by atoms with van der Waals surface area (Å²) in [4.78, 5) is 51.1. The summed E-state index contributed by atoms with van der Waals surface area (Å²) in [5.41, 5.74) is 1.41. The van der Waals surface area contributed by atoms with Crippen LogP contribution in [0.15, 0.2) is 40.9 Å². The Hall–Kier alpha value is -3.66. The van der Waals surface area contributed by atoms with Crippen molar-refractivity contribution in [3.63, 3.8) is 0 Å². The third kappa shape index (κ3) is 3.05. The number of carbonyl (C=O) groups is 4. The normalized spacial score (nSPS) is 30.4. The Bertz CT molecular complexity index is 1200. The molecule has 10 nitrogen and oxygen atoms in total. The molecule has 180 valence electrons. The van der Waals surface area contributed by atoms with Gasteiger partial charge in [-0.2, -0.15) is 0 Å². The quantitative estimate of drug-likeness (QED) is 0.320. The predicted octanol–water partition coefficient (Wildman–Crippen LogP) is 1.46. The minimum atomic E-state index is -2.85. The molecule has 0 aliphatic heterocycles. The number of esters is 1. The number of aromatic hydroxyl groups is 1. The smallest absolute Gasteiger partial charge is 0.306 e. The van der Waals surface area contributed by atoms with Gasteiger partial charge in [0.1, 0.15) is 28.9 Å². The fourth-order valence-corrected chi connectivity index (χ4v) is 5.49. The van der Waals surface area contributed by atoms with Gasteiger partial charge in [0.15, 0.2) is 11.4 Å². The van der Waals surface area contributed by atoms with Crippen LogP contribution in [0.1, 0.15) is 54.9 Å². The number of aliphatic hydroxyl groups is 3. The average molecular weight is 471 g/mol. The Morgan fingerprint density at radius 1 is 1.21 bits per heavy atom. The van der Waals surface area contributed by atoms with Crippen LogP contribution in [0.25, 0.3) is 0 Å². The van der Waals surface area contributed by atoms with Gasteiger partial charge in [0.25, 0.3) is 5.91 Å². The maximum atomic E-state index is 13.5. The molecule has 10 heteroatoms. The van der Waals surface area contributed by atoms with E-state index in [1.165, 1.54) is 6.07 Å². The summed E-state index contributed by atoms with van der Waals surface area (Å²) < 4.78 is 5.68. The third-order valence-electron chi connectivity index (χ3n) is 7.06. The van der Waals surface area contributed by atoms with Crippen molar-refractivity contribution >= 4 is 23.4 Å². The van der Waals surface area contributed by atoms with Crippen molar-refractivity contribution in [3.05, 3.63) is 52.0 Å². The number of nitrogens with two attached hydrogens (primary N) is 1. The van der Waals surface area contributed by atoms with E-state index in [1.807, 2.05) is 0 Å². The van der Waals surface area contributed by atoms with E-state index in [-0.39, 0.29) is 17.7 Å². The number of benzene rings is 1. The number of carbonyl (C=O) groups excluding carboxylic acids is 4. The zero-order chi connectivity index (χ0) is 25.1. The summed E-state index contributed by atoms with van der Waals surface area (Å²) in [6.07, 6.45) is -1.36. The molecule has 4 rings (SSSR count). The first-order valence-corrected chi connectivity index (χ1v) is 10.9. The van der Waals surface area contributed by atoms with E-state index in [0.29, 0.717) is 12.0 Å². The number of ether oxygens (including phenoxy) is 1. The molecule has 0 fully saturated rings. The SMILES string of the molecule is CCCC(=O)O[C@H]1[C@H]2C(=C(O)[C@]3(O)C(=O)C(C(N)=O)=C(O)C[C@H]13)C(=O)c1c(O)cccc1[C@@H]2C. The Balaban J connectivity index is 2.00. The van der Waals surface area contributed by atoms with Crippen LogP contribution in [0.4, 0.5) is 0 Å². The van der Waals surface area contributed by atoms with Crippen LogP contribution in [-0.4, -0.2) is 55.6 Å². The van der Waals surface area contributed by atoms with Crippen LogP contribution in [-0.2, 0) is 19.1 Å². The molecule has 0 saturated carbocycles. The molecular formula is C24H25NO9. The van der Waals surface area contributed by atoms with Crippen molar-refractivity contribution in [2.24, 2.45) is 17.6 Å². The zero-order valence-electron chi connectivity index (χ0n) is 18.6. The van der Waals surface area contributed by atoms with Gasteiger partial charge in [-0.05, 0) is 24.0 Å². The minimum Gasteiger partial charge on any atom is -0.511 e. The molecule has 0 aromatic heterocycles. The van der Waals surface area contributed by atoms with Crippen molar-refractivity contribution < 1.29 is 44.3 Å². The number of allylic oxidation sites excluding steroid dienone is 1. The predicted molar refractivity (Wildman–Crippen MR) is 116 cm³/mol. The van der Waals surface area contributed by atoms with E-state index in [9.17, 15) is 39.6 Å². The summed E-state index contributed by atoms with van der Waals surface area (Å²) in [5.74, 6) is -9.27. The first-order chi connectivity index (χ1) is 16.0. The van der Waals surface area contributed by atoms with Crippen LogP contribution in [0.2, 0.25) is 0 Å². The van der Waals surface area contributed by atoms with Crippen LogP contribution in [0, 0.1) is 11.8 Å². The molecule has 6 N–H and O–H groups in total. The number of primary amides is 1. The first kappa shape index (κ1) is 23.5. The molecule has 0 heterocycles. The fourth-order valence-electron chi connectivity index (χ4n) is 5.49. The zero-order valence-corrected chi connectivity index (χ0v) is 18.6.